The fourth-order valence-electron chi connectivity index (χ4n) is 2.35. The Hall–Kier alpha value is -1.03. The van der Waals surface area contributed by atoms with E-state index in [-0.39, 0.29) is 0 Å². The molecule has 2 rings (SSSR count). The topological polar surface area (TPSA) is 33.1 Å². The van der Waals surface area contributed by atoms with Gasteiger partial charge >= 0.3 is 0 Å². The summed E-state index contributed by atoms with van der Waals surface area (Å²) < 4.78 is 1.84. The molecule has 1 aromatic rings. The smallest absolute Gasteiger partial charge is 0.0728 e. The molecule has 1 atom stereocenters. The van der Waals surface area contributed by atoms with Gasteiger partial charge in [0.2, 0.25) is 0 Å². The van der Waals surface area contributed by atoms with E-state index in [2.05, 4.69) is 22.2 Å². The number of aryl methyl sites for hydroxylation is 1. The van der Waals surface area contributed by atoms with Crippen LogP contribution in [0.15, 0.2) is 12.4 Å². The van der Waals surface area contributed by atoms with Gasteiger partial charge in [-0.2, -0.15) is 5.10 Å². The second kappa shape index (κ2) is 5.34. The van der Waals surface area contributed by atoms with Crippen molar-refractivity contribution in [2.45, 2.75) is 32.2 Å². The Kier molecular flexibility index (Phi) is 3.83. The molecule has 90 valence electrons. The summed E-state index contributed by atoms with van der Waals surface area (Å²) >= 11 is 0. The summed E-state index contributed by atoms with van der Waals surface area (Å²) in [4.78, 5) is 2.53. The Bertz CT molecular complexity index is 321. The average Bonchev–Trinajstić information content (AvgIpc) is 2.55. The third-order valence-electron chi connectivity index (χ3n) is 3.34. The summed E-state index contributed by atoms with van der Waals surface area (Å²) in [7, 11) is 1.96. The number of anilines is 1. The van der Waals surface area contributed by atoms with Gasteiger partial charge < -0.3 is 10.2 Å². The number of nitrogens with zero attached hydrogens (tertiary/aromatic N) is 3. The zero-order valence-electron chi connectivity index (χ0n) is 10.3. The van der Waals surface area contributed by atoms with Crippen LogP contribution in [0.4, 0.5) is 5.69 Å². The molecule has 0 saturated carbocycles. The quantitative estimate of drug-likeness (QED) is 0.845. The molecule has 0 aromatic carbocycles. The highest BCUT2D eigenvalue weighted by Crippen LogP contribution is 2.15. The highest BCUT2D eigenvalue weighted by atomic mass is 15.3. The van der Waals surface area contributed by atoms with Gasteiger partial charge in [0.05, 0.1) is 11.9 Å². The molecule has 0 radical (unpaired) electrons. The second-order valence-electron chi connectivity index (χ2n) is 4.61. The minimum absolute atomic E-state index is 0.612. The van der Waals surface area contributed by atoms with Crippen LogP contribution in [0.5, 0.6) is 0 Å². The molecule has 1 fully saturated rings. The molecular formula is C12H22N4. The van der Waals surface area contributed by atoms with E-state index in [1.165, 1.54) is 38.9 Å². The molecule has 1 aliphatic heterocycles. The van der Waals surface area contributed by atoms with Crippen LogP contribution in [0.1, 0.15) is 26.2 Å². The van der Waals surface area contributed by atoms with Gasteiger partial charge in [0, 0.05) is 25.8 Å². The number of likely N-dealkylation sites (tertiary alicyclic amines) is 1. The lowest BCUT2D eigenvalue weighted by molar-refractivity contribution is 0.300. The SMILES string of the molecule is CCN1CCCC(Nc2cnn(C)c2)CC1. The lowest BCUT2D eigenvalue weighted by atomic mass is 10.1. The van der Waals surface area contributed by atoms with E-state index >= 15 is 0 Å². The van der Waals surface area contributed by atoms with Crippen molar-refractivity contribution in [2.24, 2.45) is 7.05 Å². The molecule has 0 amide bonds. The van der Waals surface area contributed by atoms with E-state index < -0.39 is 0 Å². The molecular weight excluding hydrogens is 200 g/mol. The monoisotopic (exact) mass is 222 g/mol. The zero-order chi connectivity index (χ0) is 11.4. The summed E-state index contributed by atoms with van der Waals surface area (Å²) in [5.74, 6) is 0. The van der Waals surface area contributed by atoms with Crippen molar-refractivity contribution < 1.29 is 0 Å². The lowest BCUT2D eigenvalue weighted by Gasteiger charge is -2.18. The number of nitrogens with one attached hydrogen (secondary N) is 1. The molecule has 1 aliphatic rings. The van der Waals surface area contributed by atoms with Crippen molar-refractivity contribution >= 4 is 5.69 Å². The highest BCUT2D eigenvalue weighted by molar-refractivity contribution is 5.39. The Balaban J connectivity index is 1.86. The molecule has 4 heteroatoms. The summed E-state index contributed by atoms with van der Waals surface area (Å²) in [6.45, 7) is 5.89. The molecule has 4 nitrogen and oxygen atoms in total. The Labute approximate surface area is 97.6 Å². The third kappa shape index (κ3) is 2.98. The average molecular weight is 222 g/mol. The van der Waals surface area contributed by atoms with E-state index in [0.717, 1.165) is 5.69 Å². The van der Waals surface area contributed by atoms with Crippen LogP contribution in [-0.2, 0) is 7.05 Å². The van der Waals surface area contributed by atoms with E-state index in [4.69, 9.17) is 0 Å². The molecule has 1 unspecified atom stereocenters. The van der Waals surface area contributed by atoms with Gasteiger partial charge in [0.15, 0.2) is 0 Å². The van der Waals surface area contributed by atoms with E-state index in [0.29, 0.717) is 6.04 Å². The van der Waals surface area contributed by atoms with Gasteiger partial charge in [-0.05, 0) is 32.4 Å². The molecule has 0 bridgehead atoms. The molecule has 16 heavy (non-hydrogen) atoms. The fraction of sp³-hybridized carbons (Fsp3) is 0.750. The maximum Gasteiger partial charge on any atom is 0.0728 e. The molecule has 2 heterocycles. The third-order valence-corrected chi connectivity index (χ3v) is 3.34. The standard InChI is InChI=1S/C12H22N4/c1-3-16-7-4-5-11(6-8-16)14-12-9-13-15(2)10-12/h9-11,14H,3-8H2,1-2H3. The fourth-order valence-corrected chi connectivity index (χ4v) is 2.35. The number of hydrogen-bond acceptors (Lipinski definition) is 3. The molecule has 1 saturated heterocycles. The summed E-state index contributed by atoms with van der Waals surface area (Å²) in [5, 5.41) is 7.76. The number of aromatic nitrogens is 2. The number of rotatable bonds is 3. The largest absolute Gasteiger partial charge is 0.380 e. The minimum atomic E-state index is 0.612. The maximum absolute atomic E-state index is 4.18. The van der Waals surface area contributed by atoms with Crippen LogP contribution >= 0.6 is 0 Å². The van der Waals surface area contributed by atoms with Crippen LogP contribution in [0, 0.1) is 0 Å². The Morgan fingerprint density at radius 3 is 3.00 bits per heavy atom. The van der Waals surface area contributed by atoms with Crippen LogP contribution in [0.2, 0.25) is 0 Å². The molecule has 1 aromatic heterocycles. The van der Waals surface area contributed by atoms with Gasteiger partial charge in [-0.1, -0.05) is 6.92 Å². The molecule has 1 N–H and O–H groups in total. The first-order chi connectivity index (χ1) is 7.78. The van der Waals surface area contributed by atoms with Gasteiger partial charge in [-0.25, -0.2) is 0 Å². The van der Waals surface area contributed by atoms with Crippen molar-refractivity contribution in [1.82, 2.24) is 14.7 Å². The minimum Gasteiger partial charge on any atom is -0.380 e. The summed E-state index contributed by atoms with van der Waals surface area (Å²) in [6, 6.07) is 0.612. The normalized spacial score (nSPS) is 23.0. The van der Waals surface area contributed by atoms with E-state index in [1.807, 2.05) is 24.1 Å². The molecule has 0 aliphatic carbocycles. The van der Waals surface area contributed by atoms with Crippen LogP contribution in [-0.4, -0.2) is 40.4 Å². The first-order valence-electron chi connectivity index (χ1n) is 6.25. The van der Waals surface area contributed by atoms with Crippen molar-refractivity contribution in [1.29, 1.82) is 0 Å². The van der Waals surface area contributed by atoms with Crippen molar-refractivity contribution in [2.75, 3.05) is 25.0 Å². The first kappa shape index (κ1) is 11.5. The first-order valence-corrected chi connectivity index (χ1v) is 6.25. The number of hydrogen-bond donors (Lipinski definition) is 1. The van der Waals surface area contributed by atoms with Crippen LogP contribution < -0.4 is 5.32 Å². The van der Waals surface area contributed by atoms with Gasteiger partial charge in [0.25, 0.3) is 0 Å². The predicted octanol–water partition coefficient (Wildman–Crippen LogP) is 1.71. The van der Waals surface area contributed by atoms with Gasteiger partial charge in [0.1, 0.15) is 0 Å². The summed E-state index contributed by atoms with van der Waals surface area (Å²) in [5.41, 5.74) is 1.15. The summed E-state index contributed by atoms with van der Waals surface area (Å²) in [6.07, 6.45) is 7.75. The molecule has 0 spiro atoms. The second-order valence-corrected chi connectivity index (χ2v) is 4.61. The van der Waals surface area contributed by atoms with Crippen molar-refractivity contribution in [3.8, 4) is 0 Å². The van der Waals surface area contributed by atoms with E-state index in [9.17, 15) is 0 Å². The Morgan fingerprint density at radius 1 is 1.44 bits per heavy atom. The maximum atomic E-state index is 4.18. The van der Waals surface area contributed by atoms with Crippen molar-refractivity contribution in [3.05, 3.63) is 12.4 Å². The zero-order valence-corrected chi connectivity index (χ0v) is 10.3. The van der Waals surface area contributed by atoms with E-state index in [1.54, 1.807) is 0 Å². The Morgan fingerprint density at radius 2 is 2.31 bits per heavy atom. The predicted molar refractivity (Wildman–Crippen MR) is 66.6 cm³/mol. The van der Waals surface area contributed by atoms with Gasteiger partial charge in [-0.15, -0.1) is 0 Å². The van der Waals surface area contributed by atoms with Crippen LogP contribution in [0.3, 0.4) is 0 Å². The highest BCUT2D eigenvalue weighted by Gasteiger charge is 2.15. The van der Waals surface area contributed by atoms with Crippen molar-refractivity contribution in [3.63, 3.8) is 0 Å². The van der Waals surface area contributed by atoms with Crippen LogP contribution in [0.25, 0.3) is 0 Å². The van der Waals surface area contributed by atoms with Gasteiger partial charge in [-0.3, -0.25) is 4.68 Å². The lowest BCUT2D eigenvalue weighted by Crippen LogP contribution is -2.26.